The molecule has 6 N–H and O–H groups in total. The van der Waals surface area contributed by atoms with Crippen LogP contribution in [0.25, 0.3) is 0 Å². The molecule has 4 amide bonds. The van der Waals surface area contributed by atoms with E-state index in [1.807, 2.05) is 0 Å². The van der Waals surface area contributed by atoms with Crippen molar-refractivity contribution in [2.24, 2.45) is 11.8 Å². The van der Waals surface area contributed by atoms with Gasteiger partial charge in [0.25, 0.3) is 11.8 Å². The first-order valence-electron chi connectivity index (χ1n) is 24.5. The van der Waals surface area contributed by atoms with Crippen molar-refractivity contribution < 1.29 is 67.5 Å². The van der Waals surface area contributed by atoms with Crippen LogP contribution in [0.4, 0.5) is 11.4 Å². The van der Waals surface area contributed by atoms with Gasteiger partial charge in [0, 0.05) is 46.2 Å². The largest absolute Gasteiger partial charge is 0.493 e. The van der Waals surface area contributed by atoms with Gasteiger partial charge in [-0.1, -0.05) is 49.9 Å². The summed E-state index contributed by atoms with van der Waals surface area (Å²) in [6.45, 7) is 0. The van der Waals surface area contributed by atoms with Crippen LogP contribution in [-0.4, -0.2) is 83.0 Å². The van der Waals surface area contributed by atoms with Crippen LogP contribution in [-0.2, 0) is 19.2 Å². The highest BCUT2D eigenvalue weighted by atomic mass is 32.1. The molecule has 392 valence electrons. The number of anilines is 2. The van der Waals surface area contributed by atoms with Crippen LogP contribution in [0.3, 0.4) is 0 Å². The number of rotatable bonds is 18. The third-order valence-corrected chi connectivity index (χ3v) is 16.1. The summed E-state index contributed by atoms with van der Waals surface area (Å²) in [6, 6.07) is 25.8. The number of hydrogen-bond acceptors (Lipinski definition) is 14. The highest BCUT2D eigenvalue weighted by molar-refractivity contribution is 7.12. The van der Waals surface area contributed by atoms with E-state index in [0.29, 0.717) is 11.4 Å². The molecule has 3 aliphatic rings. The molecule has 4 unspecified atom stereocenters. The minimum absolute atomic E-state index is 0.0473. The second-order valence-electron chi connectivity index (χ2n) is 18.7. The lowest BCUT2D eigenvalue weighted by molar-refractivity contribution is -0.177. The summed E-state index contributed by atoms with van der Waals surface area (Å²) < 4.78 is 22.8. The Kier molecular flexibility index (Phi) is 15.4. The molecule has 18 nitrogen and oxygen atoms in total. The van der Waals surface area contributed by atoms with Gasteiger partial charge in [0.15, 0.2) is 34.1 Å². The number of ether oxygens (including phenoxy) is 4. The van der Waals surface area contributed by atoms with Gasteiger partial charge in [0.2, 0.25) is 11.8 Å². The van der Waals surface area contributed by atoms with Gasteiger partial charge in [-0.2, -0.15) is 0 Å². The van der Waals surface area contributed by atoms with Crippen LogP contribution in [0.15, 0.2) is 120 Å². The fourth-order valence-electron chi connectivity index (χ4n) is 10.6. The monoisotopic (exact) mass is 1070 g/mol. The average molecular weight is 1070 g/mol. The molecule has 4 atom stereocenters. The van der Waals surface area contributed by atoms with Crippen LogP contribution >= 0.6 is 22.7 Å². The van der Waals surface area contributed by atoms with E-state index < -0.39 is 58.6 Å². The Balaban J connectivity index is 1.17. The van der Waals surface area contributed by atoms with Crippen molar-refractivity contribution in [3.05, 3.63) is 152 Å². The lowest BCUT2D eigenvalue weighted by Gasteiger charge is -2.64. The molecular formula is C56H52N4O14S2. The number of carboxylic acids is 2. The third-order valence-electron chi connectivity index (χ3n) is 14.4. The predicted octanol–water partition coefficient (Wildman–Crippen LogP) is 8.91. The van der Waals surface area contributed by atoms with Gasteiger partial charge in [-0.25, -0.2) is 19.2 Å². The number of benzene rings is 4. The normalized spacial score (nSPS) is 20.1. The predicted molar refractivity (Wildman–Crippen MR) is 280 cm³/mol. The third kappa shape index (κ3) is 10.1. The summed E-state index contributed by atoms with van der Waals surface area (Å²) in [5.41, 5.74) is -5.44. The van der Waals surface area contributed by atoms with E-state index in [0.717, 1.165) is 74.0 Å². The summed E-state index contributed by atoms with van der Waals surface area (Å²) >= 11 is 2.27. The van der Waals surface area contributed by atoms with E-state index in [-0.39, 0.29) is 78.7 Å². The van der Waals surface area contributed by atoms with Crippen LogP contribution in [0, 0.1) is 11.8 Å². The summed E-state index contributed by atoms with van der Waals surface area (Å²) in [5.74, 6) is -11.6. The smallest absolute Gasteiger partial charge is 0.353 e. The van der Waals surface area contributed by atoms with Gasteiger partial charge >= 0.3 is 23.9 Å². The molecule has 0 radical (unpaired) electrons. The van der Waals surface area contributed by atoms with Crippen LogP contribution in [0.5, 0.6) is 23.0 Å². The summed E-state index contributed by atoms with van der Waals surface area (Å²) in [6.07, 6.45) is 6.69. The first kappa shape index (κ1) is 52.5. The standard InChI is InChI=1S/C56H52N4O14S2/c1-71-41-29-35(19-25-39(41)73-51(65)43-13-7-27-75-43)45-46(36-20-26-40(42(30-36)72-2)74-52(66)44-14-8-28-76-44)56(54(69)70,60-50(64)34-17-23-38(24-18-34)58-48(62)32-11-5-6-12-32)55(45,53(67)68)59-49(63)33-15-21-37(22-16-33)57-47(61)31-9-3-4-10-31/h7-8,13-32,45-46H,3-6,9-12H2,1-2H3,(H,57,61)(H,58,62)(H,59,63)(H,60,64)(H,67,68)(H,69,70). The Morgan fingerprint density at radius 3 is 1.18 bits per heavy atom. The fourth-order valence-corrected chi connectivity index (χ4v) is 11.8. The highest BCUT2D eigenvalue weighted by Crippen LogP contribution is 2.64. The van der Waals surface area contributed by atoms with Crippen molar-refractivity contribution in [2.75, 3.05) is 24.9 Å². The Labute approximate surface area is 443 Å². The number of amides is 4. The molecule has 9 rings (SSSR count). The van der Waals surface area contributed by atoms with Crippen molar-refractivity contribution in [2.45, 2.75) is 74.3 Å². The number of carboxylic acid groups (broad SMARTS) is 2. The first-order valence-corrected chi connectivity index (χ1v) is 26.2. The molecule has 4 aromatic carbocycles. The molecule has 0 saturated heterocycles. The number of aliphatic carboxylic acids is 2. The Morgan fingerprint density at radius 1 is 0.500 bits per heavy atom. The first-order chi connectivity index (χ1) is 36.7. The van der Waals surface area contributed by atoms with Gasteiger partial charge < -0.3 is 50.4 Å². The molecule has 0 spiro atoms. The number of methoxy groups -OCH3 is 2. The zero-order valence-electron chi connectivity index (χ0n) is 41.1. The van der Waals surface area contributed by atoms with Gasteiger partial charge in [0.1, 0.15) is 9.75 Å². The molecule has 20 heteroatoms. The Hall–Kier alpha value is -8.36. The number of carbonyl (C=O) groups excluding carboxylic acids is 6. The lowest BCUT2D eigenvalue weighted by atomic mass is 9.42. The maximum absolute atomic E-state index is 14.8. The molecule has 3 fully saturated rings. The maximum Gasteiger partial charge on any atom is 0.353 e. The molecule has 2 aromatic heterocycles. The Morgan fingerprint density at radius 2 is 0.868 bits per heavy atom. The second-order valence-corrected chi connectivity index (χ2v) is 20.6. The molecule has 0 bridgehead atoms. The van der Waals surface area contributed by atoms with E-state index in [1.54, 1.807) is 35.0 Å². The topological polar surface area (TPSA) is 262 Å². The second kappa shape index (κ2) is 22.2. The van der Waals surface area contributed by atoms with Crippen molar-refractivity contribution in [1.29, 1.82) is 0 Å². The minimum Gasteiger partial charge on any atom is -0.493 e. The minimum atomic E-state index is -3.00. The SMILES string of the molecule is COc1cc(C2C(c3ccc(OC(=O)c4cccs4)c(OC)c3)C(NC(=O)c3ccc(NC(=O)C4CCCC4)cc3)(C(=O)O)C2(NC(=O)c2ccc(NC(=O)C3CCCC3)cc2)C(=O)O)ccc1OC(=O)c1cccs1. The van der Waals surface area contributed by atoms with Crippen LogP contribution in [0.2, 0.25) is 0 Å². The number of thiophene rings is 2. The van der Waals surface area contributed by atoms with Crippen LogP contribution < -0.4 is 40.2 Å². The highest BCUT2D eigenvalue weighted by Gasteiger charge is 2.82. The summed E-state index contributed by atoms with van der Waals surface area (Å²) in [5, 5.41) is 37.9. The molecular weight excluding hydrogens is 1020 g/mol. The van der Waals surface area contributed by atoms with Gasteiger partial charge in [-0.15, -0.1) is 22.7 Å². The number of nitrogens with one attached hydrogen (secondary N) is 4. The zero-order valence-corrected chi connectivity index (χ0v) is 42.8. The van der Waals surface area contributed by atoms with Crippen molar-refractivity contribution in [1.82, 2.24) is 10.6 Å². The van der Waals surface area contributed by atoms with Crippen molar-refractivity contribution in [3.8, 4) is 23.0 Å². The molecule has 76 heavy (non-hydrogen) atoms. The summed E-state index contributed by atoms with van der Waals surface area (Å²) in [4.78, 5) is 112. The van der Waals surface area contributed by atoms with Gasteiger partial charge in [0.05, 0.1) is 14.2 Å². The number of esters is 2. The quantitative estimate of drug-likeness (QED) is 0.0347. The zero-order chi connectivity index (χ0) is 53.7. The average Bonchev–Trinajstić information content (AvgIpc) is 4.41. The van der Waals surface area contributed by atoms with Crippen LogP contribution in [0.1, 0.15) is 114 Å². The van der Waals surface area contributed by atoms with Crippen molar-refractivity contribution >= 4 is 81.6 Å². The van der Waals surface area contributed by atoms with E-state index in [4.69, 9.17) is 18.9 Å². The molecule has 6 aromatic rings. The van der Waals surface area contributed by atoms with E-state index in [9.17, 15) is 48.6 Å². The fraction of sp³-hybridized carbons (Fsp3) is 0.286. The number of carbonyl (C=O) groups is 8. The van der Waals surface area contributed by atoms with E-state index >= 15 is 0 Å². The molecule has 3 saturated carbocycles. The molecule has 0 aliphatic heterocycles. The van der Waals surface area contributed by atoms with Gasteiger partial charge in [-0.3, -0.25) is 19.2 Å². The lowest BCUT2D eigenvalue weighted by Crippen LogP contribution is -2.89. The maximum atomic E-state index is 14.8. The van der Waals surface area contributed by atoms with E-state index in [1.165, 1.54) is 99.1 Å². The molecule has 2 heterocycles. The number of hydrogen-bond donors (Lipinski definition) is 6. The van der Waals surface area contributed by atoms with Crippen molar-refractivity contribution in [3.63, 3.8) is 0 Å². The van der Waals surface area contributed by atoms with Gasteiger partial charge in [-0.05, 0) is 132 Å². The summed E-state index contributed by atoms with van der Waals surface area (Å²) in [7, 11) is 2.56. The van der Waals surface area contributed by atoms with E-state index in [2.05, 4.69) is 21.3 Å². The molecule has 3 aliphatic carbocycles. The Bertz CT molecular complexity index is 2970.